The lowest BCUT2D eigenvalue weighted by Gasteiger charge is -2.06. The molecule has 12 heteroatoms. The minimum Gasteiger partial charge on any atom is -0.475 e. The van der Waals surface area contributed by atoms with Gasteiger partial charge in [-0.25, -0.2) is 18.4 Å². The summed E-state index contributed by atoms with van der Waals surface area (Å²) in [5.41, 5.74) is 3.74. The van der Waals surface area contributed by atoms with E-state index in [2.05, 4.69) is 18.1 Å². The van der Waals surface area contributed by atoms with Gasteiger partial charge in [-0.3, -0.25) is 4.68 Å². The van der Waals surface area contributed by atoms with Crippen LogP contribution in [0.3, 0.4) is 0 Å². The first-order valence-electron chi connectivity index (χ1n) is 10.9. The molecule has 192 valence electrons. The number of unbranched alkanes of at least 4 members (excludes halogenated alkanes) is 1. The lowest BCUT2D eigenvalue weighted by Crippen LogP contribution is -2.21. The fourth-order valence-electron chi connectivity index (χ4n) is 3.42. The van der Waals surface area contributed by atoms with E-state index in [0.29, 0.717) is 12.1 Å². The van der Waals surface area contributed by atoms with Crippen LogP contribution in [0.5, 0.6) is 0 Å². The second-order valence-corrected chi connectivity index (χ2v) is 10.8. The van der Waals surface area contributed by atoms with Gasteiger partial charge < -0.3 is 5.11 Å². The summed E-state index contributed by atoms with van der Waals surface area (Å²) in [7, 11) is -3.76. The van der Waals surface area contributed by atoms with Gasteiger partial charge in [0.1, 0.15) is 4.21 Å². The van der Waals surface area contributed by atoms with Gasteiger partial charge in [-0.15, -0.1) is 11.3 Å². The minimum absolute atomic E-state index is 0.245. The van der Waals surface area contributed by atoms with Crippen LogP contribution in [0.1, 0.15) is 30.2 Å². The Bertz CT molecular complexity index is 1440. The molecule has 0 amide bonds. The van der Waals surface area contributed by atoms with Crippen molar-refractivity contribution >= 4 is 38.2 Å². The van der Waals surface area contributed by atoms with Crippen molar-refractivity contribution in [2.24, 2.45) is 5.14 Å². The normalized spacial score (nSPS) is 11.8. The van der Waals surface area contributed by atoms with Crippen molar-refractivity contribution in [3.05, 3.63) is 71.2 Å². The van der Waals surface area contributed by atoms with Crippen molar-refractivity contribution in [2.75, 3.05) is 0 Å². The molecule has 0 spiro atoms. The number of rotatable bonds is 7. The van der Waals surface area contributed by atoms with Gasteiger partial charge in [-0.1, -0.05) is 55.8 Å². The van der Waals surface area contributed by atoms with Crippen molar-refractivity contribution in [3.8, 4) is 11.1 Å². The summed E-state index contributed by atoms with van der Waals surface area (Å²) in [4.78, 5) is 9.95. The summed E-state index contributed by atoms with van der Waals surface area (Å²) >= 11 is 1.28. The third-order valence-corrected chi connectivity index (χ3v) is 7.85. The van der Waals surface area contributed by atoms with Gasteiger partial charge in [0, 0.05) is 15.8 Å². The van der Waals surface area contributed by atoms with E-state index >= 15 is 0 Å². The van der Waals surface area contributed by atoms with Crippen molar-refractivity contribution in [1.82, 2.24) is 9.78 Å². The van der Waals surface area contributed by atoms with Crippen LogP contribution in [0, 0.1) is 0 Å². The van der Waals surface area contributed by atoms with Crippen LogP contribution in [-0.4, -0.2) is 35.5 Å². The van der Waals surface area contributed by atoms with Crippen LogP contribution < -0.4 is 5.14 Å². The fraction of sp³-hybridized carbons (Fsp3) is 0.250. The molecule has 0 aliphatic heterocycles. The van der Waals surface area contributed by atoms with E-state index in [4.69, 9.17) is 15.0 Å². The maximum atomic E-state index is 12.1. The highest BCUT2D eigenvalue weighted by atomic mass is 32.2. The van der Waals surface area contributed by atoms with Crippen LogP contribution in [-0.2, 0) is 27.8 Å². The Kier molecular flexibility index (Phi) is 8.54. The zero-order chi connectivity index (χ0) is 26.5. The monoisotopic (exact) mass is 539 g/mol. The number of carbonyl (C=O) groups is 1. The Morgan fingerprint density at radius 1 is 1.14 bits per heavy atom. The first-order chi connectivity index (χ1) is 16.9. The number of alkyl halides is 3. The average molecular weight is 540 g/mol. The molecule has 3 N–H and O–H groups in total. The molecular formula is C24H24F3N3O4S2. The number of thiophene rings is 1. The highest BCUT2D eigenvalue weighted by molar-refractivity contribution is 7.91. The third-order valence-electron chi connectivity index (χ3n) is 5.17. The predicted molar refractivity (Wildman–Crippen MR) is 132 cm³/mol. The Morgan fingerprint density at radius 2 is 1.78 bits per heavy atom. The van der Waals surface area contributed by atoms with E-state index in [0.717, 1.165) is 46.2 Å². The molecule has 0 bridgehead atoms. The Balaban J connectivity index is 0.000000454. The molecule has 4 aromatic rings. The van der Waals surface area contributed by atoms with Gasteiger partial charge in [0.25, 0.3) is 0 Å². The van der Waals surface area contributed by atoms with Crippen molar-refractivity contribution in [2.45, 2.75) is 43.1 Å². The summed E-state index contributed by atoms with van der Waals surface area (Å²) in [5, 5.41) is 18.2. The van der Waals surface area contributed by atoms with Gasteiger partial charge >= 0.3 is 12.1 Å². The van der Waals surface area contributed by atoms with Gasteiger partial charge in [0.2, 0.25) is 10.0 Å². The van der Waals surface area contributed by atoms with Gasteiger partial charge in [-0.05, 0) is 36.1 Å². The Labute approximate surface area is 210 Å². The SMILES string of the molecule is CCCCc1cc(-c2ccc(Cn3ncc4ccccc43)cc2)c(S(N)(=O)=O)s1.O=C(O)C(F)(F)F. The summed E-state index contributed by atoms with van der Waals surface area (Å²) < 4.78 is 58.1. The molecule has 0 saturated carbocycles. The zero-order valence-electron chi connectivity index (χ0n) is 19.2. The number of fused-ring (bicyclic) bond motifs is 1. The molecule has 0 atom stereocenters. The highest BCUT2D eigenvalue weighted by Gasteiger charge is 2.38. The maximum absolute atomic E-state index is 12.1. The van der Waals surface area contributed by atoms with E-state index in [1.165, 1.54) is 11.3 Å². The number of para-hydroxylation sites is 1. The van der Waals surface area contributed by atoms with Crippen LogP contribution in [0.4, 0.5) is 13.2 Å². The zero-order valence-corrected chi connectivity index (χ0v) is 20.8. The molecule has 0 aliphatic rings. The smallest absolute Gasteiger partial charge is 0.475 e. The molecule has 4 rings (SSSR count). The van der Waals surface area contributed by atoms with Gasteiger partial charge in [0.15, 0.2) is 0 Å². The molecule has 2 aromatic heterocycles. The first kappa shape index (κ1) is 27.4. The van der Waals surface area contributed by atoms with Gasteiger partial charge in [-0.2, -0.15) is 18.3 Å². The van der Waals surface area contributed by atoms with Crippen molar-refractivity contribution < 1.29 is 31.5 Å². The first-order valence-corrected chi connectivity index (χ1v) is 13.2. The van der Waals surface area contributed by atoms with Crippen LogP contribution in [0.25, 0.3) is 22.0 Å². The molecule has 0 fully saturated rings. The number of benzene rings is 2. The number of aliphatic carboxylic acids is 1. The highest BCUT2D eigenvalue weighted by Crippen LogP contribution is 2.35. The topological polar surface area (TPSA) is 115 Å². The molecule has 7 nitrogen and oxygen atoms in total. The maximum Gasteiger partial charge on any atom is 0.490 e. The van der Waals surface area contributed by atoms with E-state index in [9.17, 15) is 21.6 Å². The number of primary sulfonamides is 1. The second-order valence-electron chi connectivity index (χ2n) is 7.92. The van der Waals surface area contributed by atoms with Crippen LogP contribution in [0.15, 0.2) is 65.0 Å². The predicted octanol–water partition coefficient (Wildman–Crippen LogP) is 5.44. The molecule has 36 heavy (non-hydrogen) atoms. The number of carboxylic acids is 1. The van der Waals surface area contributed by atoms with E-state index < -0.39 is 22.2 Å². The number of aryl methyl sites for hydroxylation is 1. The molecule has 0 saturated heterocycles. The number of halogens is 3. The lowest BCUT2D eigenvalue weighted by atomic mass is 10.1. The second kappa shape index (κ2) is 11.2. The average Bonchev–Trinajstić information content (AvgIpc) is 3.43. The summed E-state index contributed by atoms with van der Waals surface area (Å²) in [6, 6.07) is 18.0. The fourth-order valence-corrected chi connectivity index (χ4v) is 5.64. The van der Waals surface area contributed by atoms with Crippen LogP contribution >= 0.6 is 11.3 Å². The van der Waals surface area contributed by atoms with Crippen LogP contribution in [0.2, 0.25) is 0 Å². The number of hydrogen-bond donors (Lipinski definition) is 2. The number of carboxylic acid groups (broad SMARTS) is 1. The Morgan fingerprint density at radius 3 is 2.36 bits per heavy atom. The molecular weight excluding hydrogens is 515 g/mol. The molecule has 2 heterocycles. The van der Waals surface area contributed by atoms with E-state index in [-0.39, 0.29) is 4.21 Å². The Hall–Kier alpha value is -3.22. The summed E-state index contributed by atoms with van der Waals surface area (Å²) in [6.45, 7) is 2.78. The third kappa shape index (κ3) is 6.93. The quantitative estimate of drug-likeness (QED) is 0.325. The van der Waals surface area contributed by atoms with E-state index in [1.54, 1.807) is 0 Å². The number of nitrogens with zero attached hydrogens (tertiary/aromatic N) is 2. The number of sulfonamides is 1. The number of nitrogens with two attached hydrogens (primary N) is 1. The standard InChI is InChI=1S/C22H23N3O2S2.C2HF3O2/c1-2-3-7-19-13-20(22(28-19)29(23,26)27)17-11-9-16(10-12-17)15-25-21-8-5-4-6-18(21)14-24-25;3-2(4,5)1(6)7/h4-6,8-14H,2-3,7,15H2,1H3,(H2,23,26,27);(H,6,7). The van der Waals surface area contributed by atoms with E-state index in [1.807, 2.05) is 59.4 Å². The van der Waals surface area contributed by atoms with Crippen molar-refractivity contribution in [3.63, 3.8) is 0 Å². The lowest BCUT2D eigenvalue weighted by molar-refractivity contribution is -0.192. The largest absolute Gasteiger partial charge is 0.490 e. The molecule has 0 aliphatic carbocycles. The minimum atomic E-state index is -5.08. The summed E-state index contributed by atoms with van der Waals surface area (Å²) in [5.74, 6) is -2.76. The summed E-state index contributed by atoms with van der Waals surface area (Å²) in [6.07, 6.45) is -0.255. The molecule has 0 unspecified atom stereocenters. The number of hydrogen-bond acceptors (Lipinski definition) is 5. The number of aromatic nitrogens is 2. The molecule has 0 radical (unpaired) electrons. The van der Waals surface area contributed by atoms with Gasteiger partial charge in [0.05, 0.1) is 18.3 Å². The van der Waals surface area contributed by atoms with Crippen molar-refractivity contribution in [1.29, 1.82) is 0 Å². The molecule has 2 aromatic carbocycles.